The fraction of sp³-hybridized carbons (Fsp3) is 0.259. The lowest BCUT2D eigenvalue weighted by atomic mass is 9.98. The maximum absolute atomic E-state index is 12.7. The molecule has 2 N–H and O–H groups in total. The van der Waals surface area contributed by atoms with Crippen LogP contribution < -0.4 is 10.6 Å². The number of anilines is 1. The minimum atomic E-state index is -0.162. The molecule has 0 fully saturated rings. The van der Waals surface area contributed by atoms with Gasteiger partial charge in [-0.15, -0.1) is 0 Å². The molecule has 166 valence electrons. The van der Waals surface area contributed by atoms with Gasteiger partial charge in [0.05, 0.1) is 12.6 Å². The molecule has 0 unspecified atom stereocenters. The normalized spacial score (nSPS) is 11.6. The van der Waals surface area contributed by atoms with Gasteiger partial charge < -0.3 is 10.2 Å². The van der Waals surface area contributed by atoms with E-state index in [0.29, 0.717) is 24.3 Å². The summed E-state index contributed by atoms with van der Waals surface area (Å²) in [4.78, 5) is 27.0. The SMILES string of the molecule is CCN(CC)C(=O)c1cccc(NC(=O)CN[C@@H](c2ccccc2)c2ccc(C)cc2)c1. The summed E-state index contributed by atoms with van der Waals surface area (Å²) in [7, 11) is 0. The summed E-state index contributed by atoms with van der Waals surface area (Å²) in [5.41, 5.74) is 4.57. The lowest BCUT2D eigenvalue weighted by Crippen LogP contribution is -2.32. The number of rotatable bonds is 9. The van der Waals surface area contributed by atoms with Gasteiger partial charge >= 0.3 is 0 Å². The zero-order chi connectivity index (χ0) is 22.9. The van der Waals surface area contributed by atoms with Crippen molar-refractivity contribution in [1.29, 1.82) is 0 Å². The van der Waals surface area contributed by atoms with Crippen molar-refractivity contribution < 1.29 is 9.59 Å². The Labute approximate surface area is 190 Å². The van der Waals surface area contributed by atoms with Crippen molar-refractivity contribution in [2.45, 2.75) is 26.8 Å². The first-order valence-corrected chi connectivity index (χ1v) is 11.1. The lowest BCUT2D eigenvalue weighted by molar-refractivity contribution is -0.115. The van der Waals surface area contributed by atoms with E-state index in [0.717, 1.165) is 11.1 Å². The molecule has 3 rings (SSSR count). The van der Waals surface area contributed by atoms with Crippen LogP contribution in [0.15, 0.2) is 78.9 Å². The second kappa shape index (κ2) is 11.3. The van der Waals surface area contributed by atoms with Gasteiger partial charge in [-0.05, 0) is 50.1 Å². The molecule has 5 nitrogen and oxygen atoms in total. The maximum atomic E-state index is 12.7. The van der Waals surface area contributed by atoms with Gasteiger partial charge in [0.1, 0.15) is 0 Å². The van der Waals surface area contributed by atoms with E-state index in [9.17, 15) is 9.59 Å². The highest BCUT2D eigenvalue weighted by Crippen LogP contribution is 2.22. The Bertz CT molecular complexity index is 1030. The second-order valence-electron chi connectivity index (χ2n) is 7.74. The molecule has 3 aromatic rings. The van der Waals surface area contributed by atoms with Crippen LogP contribution in [0, 0.1) is 6.92 Å². The number of hydrogen-bond donors (Lipinski definition) is 2. The molecule has 0 radical (unpaired) electrons. The van der Waals surface area contributed by atoms with E-state index in [1.165, 1.54) is 5.56 Å². The zero-order valence-electron chi connectivity index (χ0n) is 19.0. The van der Waals surface area contributed by atoms with E-state index in [2.05, 4.69) is 54.0 Å². The number of amides is 2. The molecule has 1 atom stereocenters. The Hall–Kier alpha value is -3.44. The Morgan fingerprint density at radius 2 is 1.50 bits per heavy atom. The smallest absolute Gasteiger partial charge is 0.253 e. The Balaban J connectivity index is 1.69. The van der Waals surface area contributed by atoms with Crippen LogP contribution in [0.25, 0.3) is 0 Å². The summed E-state index contributed by atoms with van der Waals surface area (Å²) in [6.45, 7) is 7.40. The minimum absolute atomic E-state index is 0.0345. The summed E-state index contributed by atoms with van der Waals surface area (Å²) >= 11 is 0. The quantitative estimate of drug-likeness (QED) is 0.514. The number of nitrogens with zero attached hydrogens (tertiary/aromatic N) is 1. The van der Waals surface area contributed by atoms with Crippen molar-refractivity contribution in [2.75, 3.05) is 25.0 Å². The molecule has 0 bridgehead atoms. The Kier molecular flexibility index (Phi) is 8.17. The lowest BCUT2D eigenvalue weighted by Gasteiger charge is -2.20. The first-order valence-electron chi connectivity index (χ1n) is 11.1. The predicted octanol–water partition coefficient (Wildman–Crippen LogP) is 4.79. The zero-order valence-corrected chi connectivity index (χ0v) is 19.0. The third kappa shape index (κ3) is 6.05. The number of aryl methyl sites for hydroxylation is 1. The second-order valence-corrected chi connectivity index (χ2v) is 7.74. The largest absolute Gasteiger partial charge is 0.339 e. The maximum Gasteiger partial charge on any atom is 0.253 e. The van der Waals surface area contributed by atoms with Gasteiger partial charge in [0.25, 0.3) is 5.91 Å². The third-order valence-electron chi connectivity index (χ3n) is 5.45. The first-order chi connectivity index (χ1) is 15.5. The van der Waals surface area contributed by atoms with Crippen LogP contribution in [0.4, 0.5) is 5.69 Å². The van der Waals surface area contributed by atoms with Crippen LogP contribution >= 0.6 is 0 Å². The van der Waals surface area contributed by atoms with Gasteiger partial charge in [-0.2, -0.15) is 0 Å². The van der Waals surface area contributed by atoms with E-state index >= 15 is 0 Å². The number of carbonyl (C=O) groups excluding carboxylic acids is 2. The topological polar surface area (TPSA) is 61.4 Å². The summed E-state index contributed by atoms with van der Waals surface area (Å²) in [5.74, 6) is -0.196. The summed E-state index contributed by atoms with van der Waals surface area (Å²) < 4.78 is 0. The molecule has 0 saturated carbocycles. The predicted molar refractivity (Wildman–Crippen MR) is 130 cm³/mol. The van der Waals surface area contributed by atoms with E-state index in [1.54, 1.807) is 29.2 Å². The third-order valence-corrected chi connectivity index (χ3v) is 5.45. The Morgan fingerprint density at radius 3 is 2.16 bits per heavy atom. The number of nitrogens with one attached hydrogen (secondary N) is 2. The van der Waals surface area contributed by atoms with Gasteiger partial charge in [0.2, 0.25) is 5.91 Å². The van der Waals surface area contributed by atoms with Crippen LogP contribution in [-0.4, -0.2) is 36.3 Å². The van der Waals surface area contributed by atoms with Gasteiger partial charge in [0.15, 0.2) is 0 Å². The van der Waals surface area contributed by atoms with Gasteiger partial charge in [-0.1, -0.05) is 66.2 Å². The average Bonchev–Trinajstić information content (AvgIpc) is 2.82. The van der Waals surface area contributed by atoms with E-state index in [4.69, 9.17) is 0 Å². The van der Waals surface area contributed by atoms with E-state index in [-0.39, 0.29) is 24.4 Å². The molecule has 0 heterocycles. The van der Waals surface area contributed by atoms with Crippen LogP contribution in [0.5, 0.6) is 0 Å². The van der Waals surface area contributed by atoms with Gasteiger partial charge in [-0.25, -0.2) is 0 Å². The first kappa shape index (κ1) is 23.2. The molecule has 0 aromatic heterocycles. The van der Waals surface area contributed by atoms with Crippen molar-refractivity contribution in [3.63, 3.8) is 0 Å². The van der Waals surface area contributed by atoms with E-state index in [1.807, 2.05) is 32.0 Å². The van der Waals surface area contributed by atoms with Crippen LogP contribution in [-0.2, 0) is 4.79 Å². The molecule has 0 spiro atoms. The molecular weight excluding hydrogens is 398 g/mol. The molecule has 3 aromatic carbocycles. The highest BCUT2D eigenvalue weighted by Gasteiger charge is 2.16. The fourth-order valence-corrected chi connectivity index (χ4v) is 3.66. The molecule has 0 aliphatic rings. The summed E-state index contributed by atoms with van der Waals surface area (Å²) in [6.07, 6.45) is 0. The molecule has 0 aliphatic carbocycles. The minimum Gasteiger partial charge on any atom is -0.339 e. The fourth-order valence-electron chi connectivity index (χ4n) is 3.66. The van der Waals surface area contributed by atoms with Crippen LogP contribution in [0.3, 0.4) is 0 Å². The van der Waals surface area contributed by atoms with E-state index < -0.39 is 0 Å². The highest BCUT2D eigenvalue weighted by atomic mass is 16.2. The molecule has 0 aliphatic heterocycles. The van der Waals surface area contributed by atoms with Crippen LogP contribution in [0.2, 0.25) is 0 Å². The van der Waals surface area contributed by atoms with Crippen molar-refractivity contribution in [1.82, 2.24) is 10.2 Å². The number of carbonyl (C=O) groups is 2. The van der Waals surface area contributed by atoms with Crippen molar-refractivity contribution in [3.05, 3.63) is 101 Å². The summed E-state index contributed by atoms with van der Waals surface area (Å²) in [6, 6.07) is 25.4. The van der Waals surface area contributed by atoms with Gasteiger partial charge in [0, 0.05) is 24.3 Å². The average molecular weight is 430 g/mol. The number of benzene rings is 3. The van der Waals surface area contributed by atoms with Crippen LogP contribution in [0.1, 0.15) is 46.9 Å². The standard InChI is InChI=1S/C27H31N3O2/c1-4-30(5-2)27(32)23-12-9-13-24(18-23)29-25(31)19-28-26(21-10-7-6-8-11-21)22-16-14-20(3)15-17-22/h6-18,26,28H,4-5,19H2,1-3H3,(H,29,31)/t26-/m0/s1. The molecule has 32 heavy (non-hydrogen) atoms. The molecular formula is C27H31N3O2. The van der Waals surface area contributed by atoms with Crippen molar-refractivity contribution >= 4 is 17.5 Å². The number of hydrogen-bond acceptors (Lipinski definition) is 3. The summed E-state index contributed by atoms with van der Waals surface area (Å²) in [5, 5.41) is 6.29. The van der Waals surface area contributed by atoms with Crippen molar-refractivity contribution in [3.8, 4) is 0 Å². The monoisotopic (exact) mass is 429 g/mol. The highest BCUT2D eigenvalue weighted by molar-refractivity contribution is 5.97. The molecule has 5 heteroatoms. The van der Waals surface area contributed by atoms with Crippen molar-refractivity contribution in [2.24, 2.45) is 0 Å². The molecule has 0 saturated heterocycles. The Morgan fingerprint density at radius 1 is 0.844 bits per heavy atom. The molecule has 2 amide bonds. The van der Waals surface area contributed by atoms with Gasteiger partial charge in [-0.3, -0.25) is 14.9 Å².